The quantitative estimate of drug-likeness (QED) is 0.0375. The molecular formula is C72H77Br4N15O6. The van der Waals surface area contributed by atoms with E-state index in [2.05, 4.69) is 137 Å². The van der Waals surface area contributed by atoms with Crippen LogP contribution in [0, 0.1) is 17.8 Å². The number of hydrogen-bond donors (Lipinski definition) is 4. The number of anilines is 1. The normalized spacial score (nSPS) is 15.7. The number of halogens is 4. The first-order chi connectivity index (χ1) is 47.1. The smallest absolute Gasteiger partial charge is 0.224 e. The van der Waals surface area contributed by atoms with E-state index in [9.17, 15) is 24.0 Å². The minimum absolute atomic E-state index is 0.103. The van der Waals surface area contributed by atoms with Gasteiger partial charge in [0.15, 0.2) is 16.9 Å². The van der Waals surface area contributed by atoms with Crippen molar-refractivity contribution in [1.29, 1.82) is 0 Å². The molecular weight excluding hydrogens is 1490 g/mol. The van der Waals surface area contributed by atoms with Gasteiger partial charge in [0.25, 0.3) is 0 Å². The molecule has 0 spiro atoms. The number of rotatable bonds is 17. The Hall–Kier alpha value is -8.62. The second-order valence-electron chi connectivity index (χ2n) is 23.6. The van der Waals surface area contributed by atoms with E-state index in [4.69, 9.17) is 15.9 Å². The van der Waals surface area contributed by atoms with E-state index in [0.29, 0.717) is 74.4 Å². The third kappa shape index (κ3) is 19.8. The number of nitrogens with two attached hydrogens (primary N) is 1. The van der Waals surface area contributed by atoms with Crippen molar-refractivity contribution in [2.75, 3.05) is 32.1 Å². The van der Waals surface area contributed by atoms with Crippen LogP contribution in [0.3, 0.4) is 0 Å². The summed E-state index contributed by atoms with van der Waals surface area (Å²) >= 11 is 13.2. The van der Waals surface area contributed by atoms with Crippen molar-refractivity contribution < 1.29 is 29.1 Å². The Kier molecular flexibility index (Phi) is 27.0. The monoisotopic (exact) mass is 1560 g/mol. The minimum atomic E-state index is -0.613. The third-order valence-electron chi connectivity index (χ3n) is 16.3. The number of aliphatic hydroxyl groups excluding tert-OH is 1. The highest BCUT2D eigenvalue weighted by atomic mass is 79.9. The van der Waals surface area contributed by atoms with Crippen molar-refractivity contribution in [3.63, 3.8) is 0 Å². The lowest BCUT2D eigenvalue weighted by atomic mass is 10.0. The van der Waals surface area contributed by atoms with E-state index in [1.807, 2.05) is 153 Å². The van der Waals surface area contributed by atoms with E-state index in [1.54, 1.807) is 18.6 Å². The van der Waals surface area contributed by atoms with Crippen molar-refractivity contribution in [2.24, 2.45) is 17.8 Å². The number of nitrogens with zero attached hydrogens (tertiary/aromatic N) is 12. The Labute approximate surface area is 596 Å². The summed E-state index contributed by atoms with van der Waals surface area (Å²) < 4.78 is 6.57. The molecule has 0 bridgehead atoms. The van der Waals surface area contributed by atoms with Crippen LogP contribution in [0.2, 0.25) is 0 Å². The van der Waals surface area contributed by atoms with Gasteiger partial charge < -0.3 is 35.1 Å². The highest BCUT2D eigenvalue weighted by Gasteiger charge is 2.32. The minimum Gasteiger partial charge on any atom is -0.382 e. The van der Waals surface area contributed by atoms with Gasteiger partial charge in [-0.25, -0.2) is 24.3 Å². The molecule has 3 saturated heterocycles. The zero-order chi connectivity index (χ0) is 68.8. The van der Waals surface area contributed by atoms with Crippen LogP contribution in [0.15, 0.2) is 178 Å². The lowest BCUT2D eigenvalue weighted by Crippen LogP contribution is -2.28. The van der Waals surface area contributed by atoms with Gasteiger partial charge in [0.2, 0.25) is 17.7 Å². The summed E-state index contributed by atoms with van der Waals surface area (Å²) in [5.41, 5.74) is 15.9. The molecule has 11 aromatic rings. The summed E-state index contributed by atoms with van der Waals surface area (Å²) in [6.07, 6.45) is 14.9. The number of aromatic amines is 2. The van der Waals surface area contributed by atoms with Gasteiger partial charge in [-0.05, 0) is 109 Å². The Bertz CT molecular complexity index is 4350. The number of alkyl halides is 1. The first kappa shape index (κ1) is 72.6. The van der Waals surface area contributed by atoms with Gasteiger partial charge in [0.05, 0.1) is 17.1 Å². The number of amides is 3. The van der Waals surface area contributed by atoms with Crippen LogP contribution in [-0.4, -0.2) is 136 Å². The number of aliphatic hydroxyl groups is 1. The molecule has 21 nitrogen and oxygen atoms in total. The maximum atomic E-state index is 12.4. The molecule has 4 aromatic carbocycles. The number of nitrogen functional groups attached to an aromatic ring is 1. The Balaban J connectivity index is 0.000000144. The molecule has 10 heterocycles. The van der Waals surface area contributed by atoms with Crippen molar-refractivity contribution >= 4 is 133 Å². The van der Waals surface area contributed by atoms with Crippen LogP contribution in [-0.2, 0) is 37.3 Å². The SMILES string of the molecule is Brc1cnc2n[nH]c(-c3ccccc3)c2c1.CCCC1CC(=O)N(CO)C1.CCCC1CC(=O)N(Cn2nc(-c3ccccc3)c3cc(Br)cnc32)C1.CCCC1CC(=O)N(Cn2nc3ncc(Br)cc3c2-c2ccccc2)C1.Nc1cc(-c2ccccc2)[nH]n1.O=CC(Br)C=O. The molecule has 5 N–H and O–H groups in total. The van der Waals surface area contributed by atoms with E-state index < -0.39 is 4.83 Å². The van der Waals surface area contributed by atoms with Crippen LogP contribution in [0.25, 0.3) is 78.1 Å². The number of fused-ring (bicyclic) bond motifs is 3. The number of aldehydes is 2. The van der Waals surface area contributed by atoms with Crippen LogP contribution in [0.5, 0.6) is 0 Å². The second kappa shape index (κ2) is 36.1. The Morgan fingerprint density at radius 3 is 1.47 bits per heavy atom. The zero-order valence-corrected chi connectivity index (χ0v) is 60.4. The molecule has 0 radical (unpaired) electrons. The van der Waals surface area contributed by atoms with Gasteiger partial charge >= 0.3 is 0 Å². The van der Waals surface area contributed by atoms with Gasteiger partial charge in [0.1, 0.15) is 49.0 Å². The van der Waals surface area contributed by atoms with Gasteiger partial charge in [-0.3, -0.25) is 24.6 Å². The van der Waals surface area contributed by atoms with Gasteiger partial charge in [-0.15, -0.1) is 0 Å². The van der Waals surface area contributed by atoms with Gasteiger partial charge in [-0.1, -0.05) is 177 Å². The number of H-pyrrole nitrogens is 2. The number of hydrogen-bond acceptors (Lipinski definition) is 14. The van der Waals surface area contributed by atoms with E-state index in [0.717, 1.165) is 144 Å². The summed E-state index contributed by atoms with van der Waals surface area (Å²) in [7, 11) is 0. The molecule has 3 amide bonds. The average molecular weight is 1570 g/mol. The third-order valence-corrected chi connectivity index (χ3v) is 18.1. The number of benzene rings is 4. The highest BCUT2D eigenvalue weighted by Crippen LogP contribution is 2.34. The fourth-order valence-corrected chi connectivity index (χ4v) is 12.9. The van der Waals surface area contributed by atoms with E-state index in [-0.39, 0.29) is 24.5 Å². The predicted octanol–water partition coefficient (Wildman–Crippen LogP) is 14.7. The number of pyridine rings is 3. The van der Waals surface area contributed by atoms with Crippen LogP contribution in [0.4, 0.5) is 5.82 Å². The zero-order valence-electron chi connectivity index (χ0n) is 54.1. The van der Waals surface area contributed by atoms with Crippen molar-refractivity contribution in [3.05, 3.63) is 178 Å². The molecule has 3 aliphatic heterocycles. The summed E-state index contributed by atoms with van der Waals surface area (Å²) in [5, 5.41) is 35.1. The van der Waals surface area contributed by atoms with Crippen molar-refractivity contribution in [1.82, 2.24) is 69.6 Å². The summed E-state index contributed by atoms with van der Waals surface area (Å²) in [4.78, 5) is 72.8. The molecule has 0 saturated carbocycles. The molecule has 97 heavy (non-hydrogen) atoms. The lowest BCUT2D eigenvalue weighted by molar-refractivity contribution is -0.131. The first-order valence-electron chi connectivity index (χ1n) is 32.1. The highest BCUT2D eigenvalue weighted by molar-refractivity contribution is 9.11. The van der Waals surface area contributed by atoms with E-state index in [1.165, 1.54) is 4.90 Å². The number of aromatic nitrogens is 11. The van der Waals surface area contributed by atoms with Crippen LogP contribution in [0.1, 0.15) is 78.6 Å². The molecule has 3 unspecified atom stereocenters. The Morgan fingerprint density at radius 2 is 0.990 bits per heavy atom. The van der Waals surface area contributed by atoms with Crippen LogP contribution >= 0.6 is 63.7 Å². The molecule has 7 aromatic heterocycles. The Morgan fingerprint density at radius 1 is 0.536 bits per heavy atom. The molecule has 3 atom stereocenters. The average Bonchev–Trinajstić information content (AvgIpc) is 1.64. The first-order valence-corrected chi connectivity index (χ1v) is 35.4. The number of nitrogens with one attached hydrogen (secondary N) is 2. The van der Waals surface area contributed by atoms with Gasteiger partial charge in [0, 0.05) is 110 Å². The summed E-state index contributed by atoms with van der Waals surface area (Å²) in [6.45, 7) is 9.65. The topological polar surface area (TPSA) is 273 Å². The predicted molar refractivity (Wildman–Crippen MR) is 393 cm³/mol. The second-order valence-corrected chi connectivity index (χ2v) is 27.4. The largest absolute Gasteiger partial charge is 0.382 e. The number of likely N-dealkylation sites (tertiary alicyclic amines) is 3. The summed E-state index contributed by atoms with van der Waals surface area (Å²) in [6, 6.07) is 48.2. The molecule has 14 rings (SSSR count). The standard InChI is InChI=1S/2C20H21BrN4O.C12H8BrN3.C9H9N3.C8H15NO2.C3H3BrO2/c1-2-6-14-9-18(26)24(12-14)13-25-19(15-7-4-3-5-8-15)17-10-16(21)11-22-20(17)23-25;1-2-6-14-9-18(26)24(12-14)13-25-20-17(10-16(21)11-22-20)19(23-25)15-7-4-3-5-8-15;13-9-6-10-11(8-4-2-1-3-5-8)15-16-12(10)14-7-9;10-9-6-8(11-12-9)7-4-2-1-3-5-7;1-2-3-7-4-8(11)9(5-7)6-10;4-3(1-5)2-6/h2*3-5,7-8,10-11,14H,2,6,9,12-13H2,1H3;1-7H,(H,14,15,16);1-6H,(H3,10,11,12);7,10H,2-6H2,1H3;1-3H. The van der Waals surface area contributed by atoms with Crippen LogP contribution < -0.4 is 5.73 Å². The fraction of sp³-hybridized carbons (Fsp3) is 0.306. The van der Waals surface area contributed by atoms with Gasteiger partial charge in [-0.2, -0.15) is 20.4 Å². The summed E-state index contributed by atoms with van der Waals surface area (Å²) in [5.74, 6) is 2.47. The molecule has 25 heteroatoms. The lowest BCUT2D eigenvalue weighted by Gasteiger charge is -2.18. The fourth-order valence-electron chi connectivity index (χ4n) is 11.9. The molecule has 504 valence electrons. The van der Waals surface area contributed by atoms with E-state index >= 15 is 0 Å². The number of carbonyl (C=O) groups excluding carboxylic acids is 5. The molecule has 0 aliphatic carbocycles. The maximum Gasteiger partial charge on any atom is 0.224 e. The molecule has 3 fully saturated rings. The maximum absolute atomic E-state index is 12.4. The number of carbonyl (C=O) groups is 5. The molecule has 3 aliphatic rings. The van der Waals surface area contributed by atoms with Crippen molar-refractivity contribution in [3.8, 4) is 45.0 Å². The van der Waals surface area contributed by atoms with Crippen molar-refractivity contribution in [2.45, 2.75) is 96.7 Å².